The van der Waals surface area contributed by atoms with Crippen LogP contribution in [0.25, 0.3) is 0 Å². The normalized spacial score (nSPS) is 25.0. The summed E-state index contributed by atoms with van der Waals surface area (Å²) in [6.07, 6.45) is 1.91. The Kier molecular flexibility index (Phi) is 3.52. The van der Waals surface area contributed by atoms with Gasteiger partial charge in [0.25, 0.3) is 11.8 Å². The molecule has 2 aromatic rings. The van der Waals surface area contributed by atoms with Crippen molar-refractivity contribution in [1.82, 2.24) is 19.9 Å². The molecule has 2 aromatic heterocycles. The van der Waals surface area contributed by atoms with Crippen LogP contribution in [0, 0.1) is 25.2 Å². The van der Waals surface area contributed by atoms with E-state index in [0.29, 0.717) is 30.0 Å². The van der Waals surface area contributed by atoms with Gasteiger partial charge in [-0.3, -0.25) is 9.59 Å². The lowest BCUT2D eigenvalue weighted by molar-refractivity contribution is -0.121. The largest absolute Gasteiger partial charge is 0.361 e. The number of amides is 4. The second-order valence-electron chi connectivity index (χ2n) is 7.52. The summed E-state index contributed by atoms with van der Waals surface area (Å²) in [5.41, 5.74) is 1.35. The minimum atomic E-state index is -0.728. The molecular formula is C19H16N6O4. The Morgan fingerprint density at radius 2 is 2.10 bits per heavy atom. The zero-order valence-corrected chi connectivity index (χ0v) is 15.7. The molecule has 146 valence electrons. The minimum Gasteiger partial charge on any atom is -0.361 e. The number of aryl methyl sites for hydroxylation is 2. The molecule has 5 heterocycles. The summed E-state index contributed by atoms with van der Waals surface area (Å²) in [4.78, 5) is 47.3. The van der Waals surface area contributed by atoms with Crippen molar-refractivity contribution in [2.24, 2.45) is 0 Å². The number of likely N-dealkylation sites (tertiary alicyclic amines) is 1. The van der Waals surface area contributed by atoms with Crippen molar-refractivity contribution in [2.75, 3.05) is 11.4 Å². The van der Waals surface area contributed by atoms with Gasteiger partial charge in [-0.15, -0.1) is 0 Å². The first-order valence-electron chi connectivity index (χ1n) is 9.18. The molecule has 3 atom stereocenters. The molecule has 5 rings (SSSR count). The second-order valence-corrected chi connectivity index (χ2v) is 7.52. The number of nitrogens with zero attached hydrogens (tertiary/aromatic N) is 6. The lowest BCUT2D eigenvalue weighted by Crippen LogP contribution is -2.54. The lowest BCUT2D eigenvalue weighted by Gasteiger charge is -2.34. The number of rotatable bonds is 2. The SMILES string of the molecule is Cc1cc(C(=O)N2CC3CC2C2C(=O)N(c4cnc(C#N)c(C)c4)C(=O)N32)no1. The topological polar surface area (TPSA) is 124 Å². The number of piperazine rings is 1. The van der Waals surface area contributed by atoms with E-state index in [-0.39, 0.29) is 29.2 Å². The van der Waals surface area contributed by atoms with E-state index in [9.17, 15) is 14.4 Å². The van der Waals surface area contributed by atoms with Gasteiger partial charge in [0.2, 0.25) is 0 Å². The maximum Gasteiger partial charge on any atom is 0.332 e. The highest BCUT2D eigenvalue weighted by molar-refractivity contribution is 6.22. The number of aromatic nitrogens is 2. The molecule has 10 heteroatoms. The number of carbonyl (C=O) groups is 3. The number of anilines is 1. The maximum atomic E-state index is 13.2. The van der Waals surface area contributed by atoms with Crippen LogP contribution in [0.4, 0.5) is 10.5 Å². The van der Waals surface area contributed by atoms with Crippen molar-refractivity contribution in [3.8, 4) is 6.07 Å². The van der Waals surface area contributed by atoms with Crippen molar-refractivity contribution in [3.63, 3.8) is 0 Å². The van der Waals surface area contributed by atoms with E-state index < -0.39 is 18.1 Å². The van der Waals surface area contributed by atoms with Gasteiger partial charge in [-0.25, -0.2) is 14.7 Å². The average molecular weight is 392 g/mol. The third-order valence-corrected chi connectivity index (χ3v) is 5.80. The van der Waals surface area contributed by atoms with Gasteiger partial charge >= 0.3 is 6.03 Å². The fraction of sp³-hybridized carbons (Fsp3) is 0.368. The van der Waals surface area contributed by atoms with Crippen LogP contribution in [0.2, 0.25) is 0 Å². The Bertz CT molecular complexity index is 1120. The maximum absolute atomic E-state index is 13.2. The molecule has 3 aliphatic rings. The molecule has 4 amide bonds. The zero-order chi connectivity index (χ0) is 20.4. The third-order valence-electron chi connectivity index (χ3n) is 5.80. The van der Waals surface area contributed by atoms with Gasteiger partial charge < -0.3 is 14.3 Å². The molecule has 3 fully saturated rings. The summed E-state index contributed by atoms with van der Waals surface area (Å²) in [5, 5.41) is 12.8. The number of hydrogen-bond acceptors (Lipinski definition) is 7. The van der Waals surface area contributed by atoms with Gasteiger partial charge in [0.05, 0.1) is 24.0 Å². The molecule has 3 unspecified atom stereocenters. The van der Waals surface area contributed by atoms with E-state index in [0.717, 1.165) is 4.90 Å². The molecule has 2 bridgehead atoms. The van der Waals surface area contributed by atoms with Gasteiger partial charge in [0.1, 0.15) is 23.6 Å². The molecule has 0 aliphatic carbocycles. The zero-order valence-electron chi connectivity index (χ0n) is 15.7. The summed E-state index contributed by atoms with van der Waals surface area (Å²) in [5.74, 6) is -0.160. The minimum absolute atomic E-state index is 0.196. The Hall–Kier alpha value is -3.74. The van der Waals surface area contributed by atoms with E-state index in [1.807, 2.05) is 6.07 Å². The van der Waals surface area contributed by atoms with E-state index in [1.165, 1.54) is 6.20 Å². The molecule has 0 N–H and O–H groups in total. The standard InChI is InChI=1S/C19H16N6O4/c1-9-3-11(7-21-14(9)6-20)25-18(27)16-15-5-12(24(16)19(25)28)8-23(15)17(26)13-4-10(2)29-22-13/h3-4,7,12,15-16H,5,8H2,1-2H3. The third kappa shape index (κ3) is 2.30. The van der Waals surface area contributed by atoms with Crippen molar-refractivity contribution < 1.29 is 18.9 Å². The average Bonchev–Trinajstić information content (AvgIpc) is 3.45. The Labute approximate surface area is 165 Å². The fourth-order valence-electron chi connectivity index (χ4n) is 4.54. The molecule has 0 aromatic carbocycles. The number of imide groups is 1. The van der Waals surface area contributed by atoms with Crippen LogP contribution < -0.4 is 4.90 Å². The van der Waals surface area contributed by atoms with Crippen LogP contribution in [-0.2, 0) is 4.79 Å². The number of fused-ring (bicyclic) bond motifs is 5. The number of urea groups is 1. The highest BCUT2D eigenvalue weighted by Gasteiger charge is 2.63. The Morgan fingerprint density at radius 1 is 1.31 bits per heavy atom. The van der Waals surface area contributed by atoms with E-state index in [4.69, 9.17) is 9.78 Å². The molecule has 29 heavy (non-hydrogen) atoms. The van der Waals surface area contributed by atoms with Gasteiger partial charge in [-0.1, -0.05) is 5.16 Å². The van der Waals surface area contributed by atoms with Crippen molar-refractivity contribution in [1.29, 1.82) is 5.26 Å². The first kappa shape index (κ1) is 17.4. The smallest absolute Gasteiger partial charge is 0.332 e. The number of pyridine rings is 1. The van der Waals surface area contributed by atoms with Crippen LogP contribution in [0.5, 0.6) is 0 Å². The van der Waals surface area contributed by atoms with Crippen molar-refractivity contribution in [2.45, 2.75) is 38.4 Å². The molecule has 0 radical (unpaired) electrons. The van der Waals surface area contributed by atoms with Crippen LogP contribution in [-0.4, -0.2) is 62.5 Å². The predicted molar refractivity (Wildman–Crippen MR) is 96.7 cm³/mol. The van der Waals surface area contributed by atoms with E-state index in [1.54, 1.807) is 35.8 Å². The van der Waals surface area contributed by atoms with E-state index in [2.05, 4.69) is 10.1 Å². The Balaban J connectivity index is 1.45. The van der Waals surface area contributed by atoms with Gasteiger partial charge in [-0.05, 0) is 31.9 Å². The number of nitriles is 1. The summed E-state index contributed by atoms with van der Waals surface area (Å²) < 4.78 is 4.99. The van der Waals surface area contributed by atoms with Crippen LogP contribution >= 0.6 is 0 Å². The highest BCUT2D eigenvalue weighted by atomic mass is 16.5. The molecule has 0 spiro atoms. The lowest BCUT2D eigenvalue weighted by atomic mass is 10.1. The molecular weight excluding hydrogens is 376 g/mol. The van der Waals surface area contributed by atoms with Crippen LogP contribution in [0.3, 0.4) is 0 Å². The quantitative estimate of drug-likeness (QED) is 0.698. The van der Waals surface area contributed by atoms with Crippen LogP contribution in [0.15, 0.2) is 22.9 Å². The first-order valence-corrected chi connectivity index (χ1v) is 9.18. The molecule has 0 saturated carbocycles. The summed E-state index contributed by atoms with van der Waals surface area (Å²) >= 11 is 0. The van der Waals surface area contributed by atoms with Gasteiger partial charge in [0.15, 0.2) is 5.69 Å². The molecule has 10 nitrogen and oxygen atoms in total. The Morgan fingerprint density at radius 3 is 2.76 bits per heavy atom. The molecule has 3 aliphatic heterocycles. The van der Waals surface area contributed by atoms with E-state index >= 15 is 0 Å². The van der Waals surface area contributed by atoms with Crippen molar-refractivity contribution >= 4 is 23.5 Å². The second kappa shape index (κ2) is 5.88. The van der Waals surface area contributed by atoms with Crippen molar-refractivity contribution in [3.05, 3.63) is 41.0 Å². The monoisotopic (exact) mass is 392 g/mol. The number of carbonyl (C=O) groups excluding carboxylic acids is 3. The molecule has 3 saturated heterocycles. The first-order chi connectivity index (χ1) is 13.9. The van der Waals surface area contributed by atoms with Gasteiger partial charge in [0, 0.05) is 12.6 Å². The highest BCUT2D eigenvalue weighted by Crippen LogP contribution is 2.42. The summed E-state index contributed by atoms with van der Waals surface area (Å²) in [6.45, 7) is 3.75. The van der Waals surface area contributed by atoms with Crippen LogP contribution in [0.1, 0.15) is 33.9 Å². The predicted octanol–water partition coefficient (Wildman–Crippen LogP) is 0.992. The number of hydrogen-bond donors (Lipinski definition) is 0. The summed E-state index contributed by atoms with van der Waals surface area (Å²) in [7, 11) is 0. The summed E-state index contributed by atoms with van der Waals surface area (Å²) in [6, 6.07) is 3.36. The van der Waals surface area contributed by atoms with Gasteiger partial charge in [-0.2, -0.15) is 5.26 Å². The fourth-order valence-corrected chi connectivity index (χ4v) is 4.54.